The fourth-order valence-corrected chi connectivity index (χ4v) is 5.78. The Bertz CT molecular complexity index is 1590. The van der Waals surface area contributed by atoms with Crippen LogP contribution in [-0.2, 0) is 23.4 Å². The number of esters is 1. The summed E-state index contributed by atoms with van der Waals surface area (Å²) in [6.45, 7) is 2.90. The average Bonchev–Trinajstić information content (AvgIpc) is 3.19. The van der Waals surface area contributed by atoms with Crippen LogP contribution in [0.4, 0.5) is 23.4 Å². The van der Waals surface area contributed by atoms with Crippen molar-refractivity contribution in [2.24, 2.45) is 0 Å². The maximum absolute atomic E-state index is 15.2. The van der Waals surface area contributed by atoms with E-state index in [0.29, 0.717) is 11.6 Å². The number of halogens is 4. The predicted molar refractivity (Wildman–Crippen MR) is 145 cm³/mol. The number of aromatic nitrogens is 2. The quantitative estimate of drug-likeness (QED) is 0.161. The van der Waals surface area contributed by atoms with Gasteiger partial charge in [0.15, 0.2) is 29.6 Å². The van der Waals surface area contributed by atoms with Gasteiger partial charge in [0, 0.05) is 0 Å². The van der Waals surface area contributed by atoms with Gasteiger partial charge in [-0.3, -0.25) is 13.9 Å². The Morgan fingerprint density at radius 1 is 1.23 bits per heavy atom. The van der Waals surface area contributed by atoms with E-state index in [9.17, 15) is 32.4 Å². The molecule has 1 aromatic heterocycles. The summed E-state index contributed by atoms with van der Waals surface area (Å²) in [7, 11) is -4.82. The molecule has 4 rings (SSSR count). The number of alkyl halides is 3. The number of nitrogen functional groups attached to an aromatic ring is 1. The zero-order valence-electron chi connectivity index (χ0n) is 23.0. The number of hydrogen-bond donors (Lipinski definition) is 3. The molecule has 12 nitrogen and oxygen atoms in total. The molecular formula is C26H29F4N4O8P. The predicted octanol–water partition coefficient (Wildman–Crippen LogP) is 3.48. The first-order valence-corrected chi connectivity index (χ1v) is 14.4. The number of carbonyl (C=O) groups is 1. The lowest BCUT2D eigenvalue weighted by molar-refractivity contribution is -0.193. The van der Waals surface area contributed by atoms with E-state index in [4.69, 9.17) is 24.3 Å². The summed E-state index contributed by atoms with van der Waals surface area (Å²) in [5, 5.41) is 14.3. The lowest BCUT2D eigenvalue weighted by Gasteiger charge is -2.32. The first-order valence-electron chi connectivity index (χ1n) is 12.9. The van der Waals surface area contributed by atoms with Gasteiger partial charge >= 0.3 is 19.4 Å². The van der Waals surface area contributed by atoms with Crippen LogP contribution in [0.1, 0.15) is 27.0 Å². The van der Waals surface area contributed by atoms with Crippen molar-refractivity contribution in [1.29, 1.82) is 0 Å². The molecule has 6 atom stereocenters. The number of carbonyl (C=O) groups excluding carboxylic acids is 1. The number of rotatable bonds is 11. The van der Waals surface area contributed by atoms with Crippen molar-refractivity contribution in [2.75, 3.05) is 12.3 Å². The number of aliphatic hydroxyl groups excluding tert-OH is 1. The topological polar surface area (TPSA) is 164 Å². The highest BCUT2D eigenvalue weighted by Gasteiger charge is 2.62. The van der Waals surface area contributed by atoms with Gasteiger partial charge in [0.2, 0.25) is 0 Å². The maximum Gasteiger partial charge on any atom is 0.459 e. The van der Waals surface area contributed by atoms with Crippen LogP contribution in [-0.4, -0.2) is 63.7 Å². The van der Waals surface area contributed by atoms with Crippen LogP contribution >= 0.6 is 7.75 Å². The third kappa shape index (κ3) is 6.83. The Morgan fingerprint density at radius 3 is 2.56 bits per heavy atom. The Kier molecular flexibility index (Phi) is 9.47. The Balaban J connectivity index is 1.66. The molecule has 0 aliphatic carbocycles. The third-order valence-corrected chi connectivity index (χ3v) is 8.08. The number of nitrogens with zero attached hydrogens (tertiary/aromatic N) is 2. The van der Waals surface area contributed by atoms with E-state index in [0.717, 1.165) is 5.39 Å². The molecule has 2 heterocycles. The lowest BCUT2D eigenvalue weighted by atomic mass is 9.97. The van der Waals surface area contributed by atoms with E-state index >= 15 is 4.39 Å². The molecule has 17 heteroatoms. The monoisotopic (exact) mass is 632 g/mol. The molecular weight excluding hydrogens is 603 g/mol. The van der Waals surface area contributed by atoms with Crippen LogP contribution in [0.2, 0.25) is 0 Å². The van der Waals surface area contributed by atoms with Gasteiger partial charge < -0.3 is 24.8 Å². The van der Waals surface area contributed by atoms with Crippen molar-refractivity contribution in [3.8, 4) is 5.75 Å². The molecule has 1 saturated heterocycles. The minimum Gasteiger partial charge on any atom is -0.462 e. The van der Waals surface area contributed by atoms with Gasteiger partial charge in [-0.25, -0.2) is 26.9 Å². The molecule has 0 spiro atoms. The van der Waals surface area contributed by atoms with E-state index in [-0.39, 0.29) is 10.3 Å². The van der Waals surface area contributed by atoms with Gasteiger partial charge in [-0.15, -0.1) is 0 Å². The maximum atomic E-state index is 15.2. The molecule has 1 unspecified atom stereocenters. The molecule has 3 aromatic rings. The van der Waals surface area contributed by atoms with Crippen LogP contribution in [0.15, 0.2) is 53.5 Å². The van der Waals surface area contributed by atoms with Gasteiger partial charge in [0.25, 0.3) is 6.43 Å². The smallest absolute Gasteiger partial charge is 0.459 e. The van der Waals surface area contributed by atoms with Gasteiger partial charge in [-0.2, -0.15) is 10.1 Å². The second-order valence-electron chi connectivity index (χ2n) is 10.0. The summed E-state index contributed by atoms with van der Waals surface area (Å²) in [5.41, 5.74) is 0.625. The van der Waals surface area contributed by atoms with Crippen molar-refractivity contribution >= 4 is 30.3 Å². The van der Waals surface area contributed by atoms with Crippen molar-refractivity contribution in [3.63, 3.8) is 0 Å². The van der Waals surface area contributed by atoms with E-state index in [2.05, 4.69) is 10.1 Å². The molecule has 0 bridgehead atoms. The molecule has 0 saturated carbocycles. The third-order valence-electron chi connectivity index (χ3n) is 6.46. The molecule has 1 fully saturated rings. The fourth-order valence-electron chi connectivity index (χ4n) is 4.26. The van der Waals surface area contributed by atoms with Crippen molar-refractivity contribution in [2.45, 2.75) is 63.4 Å². The van der Waals surface area contributed by atoms with Crippen molar-refractivity contribution < 1.29 is 50.5 Å². The molecule has 1 aliphatic heterocycles. The van der Waals surface area contributed by atoms with E-state index < -0.39 is 80.3 Å². The van der Waals surface area contributed by atoms with Crippen LogP contribution in [0.5, 0.6) is 5.75 Å². The summed E-state index contributed by atoms with van der Waals surface area (Å²) in [5.74, 6) is -3.06. The first kappa shape index (κ1) is 32.4. The number of benzene rings is 2. The Hall–Kier alpha value is -3.56. The number of ether oxygens (including phenoxy) is 2. The number of aliphatic hydroxyl groups is 1. The number of nitrogens with two attached hydrogens (primary N) is 1. The van der Waals surface area contributed by atoms with Crippen LogP contribution in [0.25, 0.3) is 10.8 Å². The minimum absolute atomic E-state index is 0.0610. The minimum atomic E-state index is -4.82. The first-order chi connectivity index (χ1) is 20.2. The van der Waals surface area contributed by atoms with Gasteiger partial charge in [-0.1, -0.05) is 30.3 Å². The van der Waals surface area contributed by atoms with Gasteiger partial charge in [0.1, 0.15) is 17.9 Å². The number of hydrogen-bond acceptors (Lipinski definition) is 10. The van der Waals surface area contributed by atoms with E-state index in [1.807, 2.05) is 0 Å². The summed E-state index contributed by atoms with van der Waals surface area (Å²) in [6, 6.07) is 10.1. The molecule has 4 N–H and O–H groups in total. The number of fused-ring (bicyclic) bond motifs is 1. The second kappa shape index (κ2) is 12.6. The zero-order valence-corrected chi connectivity index (χ0v) is 23.9. The molecule has 0 amide bonds. The highest BCUT2D eigenvalue weighted by atomic mass is 31.2. The Labute approximate surface area is 242 Å². The van der Waals surface area contributed by atoms with Crippen molar-refractivity contribution in [1.82, 2.24) is 14.6 Å². The van der Waals surface area contributed by atoms with Crippen molar-refractivity contribution in [3.05, 3.63) is 65.0 Å². The fraction of sp³-hybridized carbons (Fsp3) is 0.423. The standard InChI is InChI=1S/C26H29F4N4O8P/c1-13(2)40-23(36)14(3)33-43(38,42-17-9-8-15-6-4-5-7-16(15)10-17)39-12-26(24(29)30)20(35)19(28)22(41-26)34-11-18(27)21(31)32-25(34)37/h4-11,13-14,19-20,22,24,35H,12H2,1-3H3,(H,33,38)(H2,31,32,37)/t14-,19-,20-,22+,26+,43?/m0/s1. The highest BCUT2D eigenvalue weighted by Crippen LogP contribution is 2.50. The molecule has 234 valence electrons. The van der Waals surface area contributed by atoms with E-state index in [1.54, 1.807) is 44.2 Å². The summed E-state index contributed by atoms with van der Waals surface area (Å²) in [6.07, 6.45) is -11.6. The zero-order chi connectivity index (χ0) is 31.7. The number of nitrogens with one attached hydrogen (secondary N) is 1. The summed E-state index contributed by atoms with van der Waals surface area (Å²) in [4.78, 5) is 27.8. The molecule has 1 aliphatic rings. The largest absolute Gasteiger partial charge is 0.462 e. The molecule has 0 radical (unpaired) electrons. The van der Waals surface area contributed by atoms with Crippen LogP contribution in [0, 0.1) is 5.82 Å². The second-order valence-corrected chi connectivity index (χ2v) is 11.7. The summed E-state index contributed by atoms with van der Waals surface area (Å²) < 4.78 is 93.4. The average molecular weight is 633 g/mol. The van der Waals surface area contributed by atoms with Gasteiger partial charge in [0.05, 0.1) is 18.9 Å². The van der Waals surface area contributed by atoms with Gasteiger partial charge in [-0.05, 0) is 43.7 Å². The Morgan fingerprint density at radius 2 is 1.91 bits per heavy atom. The normalized spacial score (nSPS) is 24.3. The number of anilines is 1. The summed E-state index contributed by atoms with van der Waals surface area (Å²) >= 11 is 0. The van der Waals surface area contributed by atoms with Crippen LogP contribution < -0.4 is 21.0 Å². The van der Waals surface area contributed by atoms with E-state index in [1.165, 1.54) is 19.1 Å². The molecule has 43 heavy (non-hydrogen) atoms. The lowest BCUT2D eigenvalue weighted by Crippen LogP contribution is -2.52. The SMILES string of the molecule is CC(C)OC(=O)[C@H](C)NP(=O)(OC[C@@]1(C(F)F)O[C@@H](n2cc(F)c(N)nc2=O)[C@@H](F)[C@@H]1O)Oc1ccc2ccccc2c1. The molecule has 2 aromatic carbocycles. The highest BCUT2D eigenvalue weighted by molar-refractivity contribution is 7.52. The van der Waals surface area contributed by atoms with Crippen LogP contribution in [0.3, 0.4) is 0 Å².